The van der Waals surface area contributed by atoms with Crippen molar-refractivity contribution in [3.8, 4) is 0 Å². The molecule has 0 bridgehead atoms. The van der Waals surface area contributed by atoms with Crippen LogP contribution in [0.4, 0.5) is 0 Å². The summed E-state index contributed by atoms with van der Waals surface area (Å²) < 4.78 is 1.91. The third-order valence-corrected chi connectivity index (χ3v) is 2.52. The molecule has 0 spiro atoms. The molecule has 3 heteroatoms. The molecule has 0 unspecified atom stereocenters. The van der Waals surface area contributed by atoms with Crippen molar-refractivity contribution >= 4 is 12.2 Å². The fourth-order valence-corrected chi connectivity index (χ4v) is 1.52. The summed E-state index contributed by atoms with van der Waals surface area (Å²) in [7, 11) is 0. The van der Waals surface area contributed by atoms with E-state index in [0.29, 0.717) is 6.54 Å². The van der Waals surface area contributed by atoms with Gasteiger partial charge in [0.25, 0.3) is 0 Å². The third kappa shape index (κ3) is 3.62. The Labute approximate surface area is 128 Å². The number of benzene rings is 1. The van der Waals surface area contributed by atoms with Crippen LogP contribution < -0.4 is 0 Å². The molecule has 1 aromatic carbocycles. The summed E-state index contributed by atoms with van der Waals surface area (Å²) in [5, 5.41) is 0. The molecular weight excluding hydrogens is 285 g/mol. The van der Waals surface area contributed by atoms with Gasteiger partial charge in [-0.05, 0) is 11.9 Å². The standard InChI is InChI=1S/C14H14N2.Y/c1-3-16-11-15-14(12(16)2)10-9-13-7-5-4-6-8-13;/h4-10H,1,3H2,2H3;/q-2;/b10-9+;. The van der Waals surface area contributed by atoms with E-state index in [4.69, 9.17) is 0 Å². The van der Waals surface area contributed by atoms with Crippen LogP contribution in [0.25, 0.3) is 12.2 Å². The van der Waals surface area contributed by atoms with Crippen molar-refractivity contribution in [2.45, 2.75) is 13.5 Å². The summed E-state index contributed by atoms with van der Waals surface area (Å²) in [4.78, 5) is 4.21. The van der Waals surface area contributed by atoms with Gasteiger partial charge in [-0.2, -0.15) is 0 Å². The van der Waals surface area contributed by atoms with Gasteiger partial charge in [0.05, 0.1) is 0 Å². The molecule has 2 nitrogen and oxygen atoms in total. The van der Waals surface area contributed by atoms with Gasteiger partial charge in [0.15, 0.2) is 0 Å². The first-order valence-electron chi connectivity index (χ1n) is 5.28. The Balaban J connectivity index is 0.00000144. The number of rotatable bonds is 3. The summed E-state index contributed by atoms with van der Waals surface area (Å²) in [6, 6.07) is 10.2. The zero-order valence-electron chi connectivity index (χ0n) is 9.93. The quantitative estimate of drug-likeness (QED) is 0.797. The predicted molar refractivity (Wildman–Crippen MR) is 66.5 cm³/mol. The molecule has 0 aliphatic heterocycles. The minimum atomic E-state index is 0. The third-order valence-electron chi connectivity index (χ3n) is 2.52. The molecule has 0 aliphatic carbocycles. The summed E-state index contributed by atoms with van der Waals surface area (Å²) in [5.74, 6) is 0. The van der Waals surface area contributed by atoms with E-state index in [1.165, 1.54) is 5.56 Å². The van der Waals surface area contributed by atoms with E-state index < -0.39 is 0 Å². The SMILES string of the molecule is [CH2-]Cn1[c-]nc(/C=C/c2ccccc2)c1C.[Y]. The molecule has 85 valence electrons. The second kappa shape index (κ2) is 6.88. The van der Waals surface area contributed by atoms with E-state index in [0.717, 1.165) is 11.4 Å². The van der Waals surface area contributed by atoms with Crippen molar-refractivity contribution in [3.05, 3.63) is 60.5 Å². The van der Waals surface area contributed by atoms with Crippen molar-refractivity contribution in [2.24, 2.45) is 0 Å². The van der Waals surface area contributed by atoms with Gasteiger partial charge in [-0.1, -0.05) is 49.0 Å². The molecule has 0 saturated heterocycles. The zero-order valence-corrected chi connectivity index (χ0v) is 12.8. The average Bonchev–Trinajstić information content (AvgIpc) is 2.69. The molecule has 1 aromatic heterocycles. The Kier molecular flexibility index (Phi) is 5.80. The average molecular weight is 299 g/mol. The van der Waals surface area contributed by atoms with Crippen LogP contribution >= 0.6 is 0 Å². The van der Waals surface area contributed by atoms with Crippen LogP contribution in [0, 0.1) is 20.2 Å². The van der Waals surface area contributed by atoms with Crippen molar-refractivity contribution in [3.63, 3.8) is 0 Å². The minimum absolute atomic E-state index is 0. The van der Waals surface area contributed by atoms with Gasteiger partial charge in [-0.25, -0.2) is 0 Å². The Morgan fingerprint density at radius 2 is 2.00 bits per heavy atom. The number of hydrogen-bond acceptors (Lipinski definition) is 1. The summed E-state index contributed by atoms with van der Waals surface area (Å²) >= 11 is 0. The molecule has 1 heterocycles. The summed E-state index contributed by atoms with van der Waals surface area (Å²) in [6.07, 6.45) is 6.97. The van der Waals surface area contributed by atoms with Gasteiger partial charge >= 0.3 is 0 Å². The van der Waals surface area contributed by atoms with Crippen LogP contribution in [-0.4, -0.2) is 9.55 Å². The van der Waals surface area contributed by atoms with Gasteiger partial charge in [-0.15, -0.1) is 18.3 Å². The number of nitrogens with zero attached hydrogens (tertiary/aromatic N) is 2. The van der Waals surface area contributed by atoms with Crippen LogP contribution in [0.2, 0.25) is 0 Å². The van der Waals surface area contributed by atoms with Crippen molar-refractivity contribution in [1.82, 2.24) is 9.55 Å². The van der Waals surface area contributed by atoms with E-state index in [1.807, 2.05) is 35.8 Å². The molecule has 0 atom stereocenters. The van der Waals surface area contributed by atoms with Crippen molar-refractivity contribution in [2.75, 3.05) is 0 Å². The topological polar surface area (TPSA) is 17.8 Å². The summed E-state index contributed by atoms with van der Waals surface area (Å²) in [6.45, 7) is 6.51. The maximum absolute atomic E-state index is 4.21. The zero-order chi connectivity index (χ0) is 11.4. The van der Waals surface area contributed by atoms with Crippen LogP contribution in [0.5, 0.6) is 0 Å². The maximum Gasteiger partial charge on any atom is 0 e. The molecule has 2 rings (SSSR count). The van der Waals surface area contributed by atoms with Gasteiger partial charge in [-0.3, -0.25) is 0 Å². The second-order valence-corrected chi connectivity index (χ2v) is 3.58. The Morgan fingerprint density at radius 1 is 1.29 bits per heavy atom. The maximum atomic E-state index is 4.21. The molecule has 1 radical (unpaired) electrons. The Hall–Kier alpha value is -0.726. The number of imidazole rings is 1. The molecular formula is C14H14N2Y-2. The second-order valence-electron chi connectivity index (χ2n) is 3.58. The molecule has 0 N–H and O–H groups in total. The fraction of sp³-hybridized carbons (Fsp3) is 0.143. The number of aromatic nitrogens is 2. The van der Waals surface area contributed by atoms with Crippen LogP contribution in [0.3, 0.4) is 0 Å². The van der Waals surface area contributed by atoms with Crippen LogP contribution in [0.15, 0.2) is 30.3 Å². The first-order chi connectivity index (χ1) is 7.81. The van der Waals surface area contributed by atoms with Crippen molar-refractivity contribution in [1.29, 1.82) is 0 Å². The first kappa shape index (κ1) is 14.3. The molecule has 0 saturated carbocycles. The van der Waals surface area contributed by atoms with Crippen LogP contribution in [0.1, 0.15) is 17.0 Å². The smallest absolute Gasteiger partial charge is 0 e. The normalized spacial score (nSPS) is 10.5. The van der Waals surface area contributed by atoms with E-state index in [9.17, 15) is 0 Å². The van der Waals surface area contributed by atoms with E-state index >= 15 is 0 Å². The minimum Gasteiger partial charge on any atom is -0.479 e. The van der Waals surface area contributed by atoms with Gasteiger partial charge in [0.2, 0.25) is 0 Å². The van der Waals surface area contributed by atoms with E-state index in [1.54, 1.807) is 0 Å². The van der Waals surface area contributed by atoms with Gasteiger partial charge in [0.1, 0.15) is 0 Å². The molecule has 0 aliphatic rings. The molecule has 0 amide bonds. The Morgan fingerprint density at radius 3 is 2.59 bits per heavy atom. The number of hydrogen-bond donors (Lipinski definition) is 0. The van der Waals surface area contributed by atoms with Crippen molar-refractivity contribution < 1.29 is 32.7 Å². The summed E-state index contributed by atoms with van der Waals surface area (Å²) in [5.41, 5.74) is 3.22. The molecule has 0 fully saturated rings. The van der Waals surface area contributed by atoms with Crippen LogP contribution in [-0.2, 0) is 39.3 Å². The van der Waals surface area contributed by atoms with E-state index in [-0.39, 0.29) is 32.7 Å². The molecule has 17 heavy (non-hydrogen) atoms. The van der Waals surface area contributed by atoms with Gasteiger partial charge in [0, 0.05) is 32.7 Å². The predicted octanol–water partition coefficient (Wildman–Crippen LogP) is 2.99. The first-order valence-corrected chi connectivity index (χ1v) is 5.28. The van der Waals surface area contributed by atoms with Gasteiger partial charge < -0.3 is 16.5 Å². The molecule has 2 aromatic rings. The largest absolute Gasteiger partial charge is 0.479 e. The fourth-order valence-electron chi connectivity index (χ4n) is 1.52. The monoisotopic (exact) mass is 299 g/mol. The Bertz CT molecular complexity index is 486. The van der Waals surface area contributed by atoms with E-state index in [2.05, 4.69) is 36.4 Å².